The molecule has 1 N–H and O–H groups in total. The van der Waals surface area contributed by atoms with E-state index >= 15 is 0 Å². The van der Waals surface area contributed by atoms with Crippen molar-refractivity contribution in [3.8, 4) is 0 Å². The summed E-state index contributed by atoms with van der Waals surface area (Å²) in [6.07, 6.45) is 0.550. The summed E-state index contributed by atoms with van der Waals surface area (Å²) in [5.41, 5.74) is 1.53. The fourth-order valence-corrected chi connectivity index (χ4v) is 3.87. The van der Waals surface area contributed by atoms with Crippen molar-refractivity contribution in [2.24, 2.45) is 17.3 Å². The number of para-hydroxylation sites is 1. The van der Waals surface area contributed by atoms with Gasteiger partial charge in [0.05, 0.1) is 18.2 Å². The number of anilines is 1. The molecule has 1 aliphatic carbocycles. The van der Waals surface area contributed by atoms with Gasteiger partial charge in [0, 0.05) is 12.5 Å². The Morgan fingerprint density at radius 3 is 2.68 bits per heavy atom. The van der Waals surface area contributed by atoms with Crippen LogP contribution in [0.5, 0.6) is 0 Å². The van der Waals surface area contributed by atoms with E-state index in [1.807, 2.05) is 38.1 Å². The molecule has 25 heavy (non-hydrogen) atoms. The smallest absolute Gasteiger partial charge is 0.322 e. The monoisotopic (exact) mass is 344 g/mol. The number of urea groups is 1. The second kappa shape index (κ2) is 6.50. The number of carbonyl (C=O) groups excluding carboxylic acids is 3. The Labute approximate surface area is 147 Å². The number of rotatable bonds is 5. The van der Waals surface area contributed by atoms with Gasteiger partial charge in [0.25, 0.3) is 0 Å². The number of nitrogens with one attached hydrogen (secondary N) is 1. The lowest BCUT2D eigenvalue weighted by molar-refractivity contribution is -0.167. The Morgan fingerprint density at radius 1 is 1.28 bits per heavy atom. The highest BCUT2D eigenvalue weighted by Gasteiger charge is 2.54. The molecule has 1 aliphatic heterocycles. The molecule has 1 aromatic carbocycles. The van der Waals surface area contributed by atoms with E-state index in [1.165, 1.54) is 0 Å². The van der Waals surface area contributed by atoms with Crippen LogP contribution in [0.25, 0.3) is 0 Å². The molecule has 0 saturated heterocycles. The van der Waals surface area contributed by atoms with E-state index in [9.17, 15) is 14.4 Å². The van der Waals surface area contributed by atoms with Crippen LogP contribution in [-0.4, -0.2) is 30.9 Å². The number of hydrogen-bond acceptors (Lipinski definition) is 4. The van der Waals surface area contributed by atoms with Gasteiger partial charge >= 0.3 is 12.0 Å². The molecule has 0 aromatic heterocycles. The van der Waals surface area contributed by atoms with Crippen LogP contribution in [0.1, 0.15) is 32.8 Å². The summed E-state index contributed by atoms with van der Waals surface area (Å²) in [5.74, 6) is -0.502. The molecule has 134 valence electrons. The maximum Gasteiger partial charge on any atom is 0.322 e. The van der Waals surface area contributed by atoms with E-state index in [4.69, 9.17) is 4.74 Å². The van der Waals surface area contributed by atoms with Crippen LogP contribution in [0.15, 0.2) is 24.3 Å². The maximum absolute atomic E-state index is 12.3. The van der Waals surface area contributed by atoms with Gasteiger partial charge in [-0.3, -0.25) is 14.5 Å². The number of benzene rings is 1. The Bertz CT molecular complexity index is 713. The van der Waals surface area contributed by atoms with Crippen LogP contribution >= 0.6 is 0 Å². The minimum absolute atomic E-state index is 0.0789. The van der Waals surface area contributed by atoms with Gasteiger partial charge in [-0.15, -0.1) is 0 Å². The Kier molecular flexibility index (Phi) is 4.54. The third kappa shape index (κ3) is 3.13. The first kappa shape index (κ1) is 17.5. The van der Waals surface area contributed by atoms with Crippen molar-refractivity contribution in [1.82, 2.24) is 5.32 Å². The second-order valence-corrected chi connectivity index (χ2v) is 7.38. The minimum Gasteiger partial charge on any atom is -0.464 e. The van der Waals surface area contributed by atoms with Gasteiger partial charge in [0.2, 0.25) is 0 Å². The van der Waals surface area contributed by atoms with Gasteiger partial charge in [-0.2, -0.15) is 0 Å². The molecule has 2 amide bonds. The van der Waals surface area contributed by atoms with Crippen molar-refractivity contribution in [3.63, 3.8) is 0 Å². The van der Waals surface area contributed by atoms with Gasteiger partial charge in [0.15, 0.2) is 0 Å². The minimum atomic E-state index is -0.363. The highest BCUT2D eigenvalue weighted by molar-refractivity contribution is 5.94. The zero-order valence-electron chi connectivity index (χ0n) is 14.9. The Morgan fingerprint density at radius 2 is 2.00 bits per heavy atom. The first-order chi connectivity index (χ1) is 11.8. The zero-order chi connectivity index (χ0) is 18.2. The van der Waals surface area contributed by atoms with Crippen molar-refractivity contribution in [2.75, 3.05) is 18.1 Å². The van der Waals surface area contributed by atoms with Crippen molar-refractivity contribution in [3.05, 3.63) is 29.8 Å². The van der Waals surface area contributed by atoms with Crippen LogP contribution in [-0.2, 0) is 20.9 Å². The molecule has 1 saturated carbocycles. The van der Waals surface area contributed by atoms with Crippen molar-refractivity contribution in [2.45, 2.75) is 33.7 Å². The van der Waals surface area contributed by atoms with Crippen LogP contribution < -0.4 is 10.2 Å². The summed E-state index contributed by atoms with van der Waals surface area (Å²) in [7, 11) is 0. The third-order valence-electron chi connectivity index (χ3n) is 5.56. The lowest BCUT2D eigenvalue weighted by Crippen LogP contribution is -2.52. The molecular formula is C19H24N2O4. The molecule has 0 radical (unpaired) electrons. The molecule has 0 bridgehead atoms. The summed E-state index contributed by atoms with van der Waals surface area (Å²) < 4.78 is 5.40. The number of Topliss-reactive ketones (excluding diaryl/α,β-unsaturated/α-hetero) is 1. The van der Waals surface area contributed by atoms with Crippen LogP contribution in [0.2, 0.25) is 0 Å². The normalized spacial score (nSPS) is 24.0. The number of carbonyl (C=O) groups is 3. The molecule has 1 aromatic rings. The highest BCUT2D eigenvalue weighted by atomic mass is 16.5. The van der Waals surface area contributed by atoms with E-state index < -0.39 is 0 Å². The van der Waals surface area contributed by atoms with Gasteiger partial charge in [0.1, 0.15) is 12.4 Å². The quantitative estimate of drug-likeness (QED) is 0.833. The molecular weight excluding hydrogens is 320 g/mol. The number of ketones is 1. The third-order valence-corrected chi connectivity index (χ3v) is 5.56. The number of hydrogen-bond donors (Lipinski definition) is 1. The summed E-state index contributed by atoms with van der Waals surface area (Å²) in [4.78, 5) is 37.6. The number of nitrogens with zero attached hydrogens (tertiary/aromatic N) is 1. The largest absolute Gasteiger partial charge is 0.464 e. The SMILES string of the molecule is CC(=O)[C@@H]1C[C@H](C(=O)OCCN2C(=O)NCc3ccccc32)C1(C)C. The molecule has 2 aliphatic rings. The topological polar surface area (TPSA) is 75.7 Å². The molecule has 0 spiro atoms. The molecule has 0 unspecified atom stereocenters. The van der Waals surface area contributed by atoms with E-state index in [0.717, 1.165) is 11.3 Å². The standard InChI is InChI=1S/C19H24N2O4/c1-12(22)14-10-15(19(14,2)3)17(23)25-9-8-21-16-7-5-4-6-13(16)11-20-18(21)24/h4-7,14-15H,8-11H2,1-3H3,(H,20,24)/t14-,15+/m0/s1. The number of ether oxygens (including phenoxy) is 1. The first-order valence-electron chi connectivity index (χ1n) is 8.62. The van der Waals surface area contributed by atoms with Gasteiger partial charge in [-0.25, -0.2) is 4.79 Å². The predicted molar refractivity (Wildman–Crippen MR) is 93.0 cm³/mol. The Hall–Kier alpha value is -2.37. The lowest BCUT2D eigenvalue weighted by Gasteiger charge is -2.49. The van der Waals surface area contributed by atoms with Crippen molar-refractivity contribution < 1.29 is 19.1 Å². The molecule has 6 heteroatoms. The summed E-state index contributed by atoms with van der Waals surface area (Å²) in [6.45, 7) is 6.38. The maximum atomic E-state index is 12.3. The van der Waals surface area contributed by atoms with Crippen LogP contribution in [0.4, 0.5) is 10.5 Å². The average Bonchev–Trinajstić information content (AvgIpc) is 2.55. The Balaban J connectivity index is 1.56. The fraction of sp³-hybridized carbons (Fsp3) is 0.526. The molecule has 2 atom stereocenters. The van der Waals surface area contributed by atoms with Gasteiger partial charge in [-0.05, 0) is 30.4 Å². The molecule has 1 heterocycles. The average molecular weight is 344 g/mol. The van der Waals surface area contributed by atoms with Crippen molar-refractivity contribution in [1.29, 1.82) is 0 Å². The molecule has 3 rings (SSSR count). The van der Waals surface area contributed by atoms with Gasteiger partial charge < -0.3 is 10.1 Å². The predicted octanol–water partition coefficient (Wildman–Crippen LogP) is 2.51. The van der Waals surface area contributed by atoms with Gasteiger partial charge in [-0.1, -0.05) is 32.0 Å². The van der Waals surface area contributed by atoms with Crippen LogP contribution in [0, 0.1) is 17.3 Å². The summed E-state index contributed by atoms with van der Waals surface area (Å²) in [5, 5.41) is 2.81. The summed E-state index contributed by atoms with van der Waals surface area (Å²) in [6, 6.07) is 7.48. The zero-order valence-corrected chi connectivity index (χ0v) is 14.9. The number of esters is 1. The lowest BCUT2D eigenvalue weighted by atomic mass is 9.53. The van der Waals surface area contributed by atoms with Crippen LogP contribution in [0.3, 0.4) is 0 Å². The number of fused-ring (bicyclic) bond motifs is 1. The van der Waals surface area contributed by atoms with E-state index in [1.54, 1.807) is 11.8 Å². The van der Waals surface area contributed by atoms with E-state index in [0.29, 0.717) is 19.5 Å². The fourth-order valence-electron chi connectivity index (χ4n) is 3.87. The van der Waals surface area contributed by atoms with Crippen molar-refractivity contribution >= 4 is 23.5 Å². The highest BCUT2D eigenvalue weighted by Crippen LogP contribution is 2.52. The molecule has 1 fully saturated rings. The number of amides is 2. The van der Waals surface area contributed by atoms with E-state index in [-0.39, 0.29) is 41.6 Å². The summed E-state index contributed by atoms with van der Waals surface area (Å²) >= 11 is 0. The first-order valence-corrected chi connectivity index (χ1v) is 8.62. The van der Waals surface area contributed by atoms with E-state index in [2.05, 4.69) is 5.32 Å². The second-order valence-electron chi connectivity index (χ2n) is 7.38. The molecule has 6 nitrogen and oxygen atoms in total.